The number of pyridine rings is 1. The number of ketones is 1. The van der Waals surface area contributed by atoms with Crippen LogP contribution >= 0.6 is 0 Å². The number of hydrogen-bond donors (Lipinski definition) is 0. The van der Waals surface area contributed by atoms with Crippen LogP contribution in [0.1, 0.15) is 40.2 Å². The highest BCUT2D eigenvalue weighted by Crippen LogP contribution is 2.44. The van der Waals surface area contributed by atoms with E-state index in [2.05, 4.69) is 4.98 Å². The van der Waals surface area contributed by atoms with Crippen molar-refractivity contribution in [1.82, 2.24) is 19.4 Å². The van der Waals surface area contributed by atoms with Crippen LogP contribution in [0.25, 0.3) is 11.1 Å². The standard InChI is InChI=1S/C28H26F3N5O2/c1-18-14-19(6-8-22(18)20-5-7-21(16-32)33-17-20)26(38)36-11-9-27(15-23(36)25(37)28(29,30)31)24-4-3-10-35(24)13-12-34(27)2/h3-8,10,14,17,23H,9,11-13,15H2,1-2H3. The highest BCUT2D eigenvalue weighted by Gasteiger charge is 2.55. The molecule has 2 aliphatic rings. The second kappa shape index (κ2) is 9.40. The Morgan fingerprint density at radius 3 is 2.58 bits per heavy atom. The molecule has 38 heavy (non-hydrogen) atoms. The van der Waals surface area contributed by atoms with Crippen LogP contribution in [-0.2, 0) is 16.9 Å². The van der Waals surface area contributed by atoms with Crippen LogP contribution in [0, 0.1) is 18.3 Å². The molecule has 196 valence electrons. The molecule has 1 aromatic carbocycles. The largest absolute Gasteiger partial charge is 0.452 e. The number of nitriles is 1. The molecule has 1 amide bonds. The minimum atomic E-state index is -5.07. The molecule has 2 aliphatic heterocycles. The minimum Gasteiger partial charge on any atom is -0.348 e. The molecule has 0 bridgehead atoms. The minimum absolute atomic E-state index is 0.0151. The van der Waals surface area contributed by atoms with Crippen molar-refractivity contribution in [3.05, 3.63) is 77.4 Å². The van der Waals surface area contributed by atoms with Crippen molar-refractivity contribution < 1.29 is 22.8 Å². The summed E-state index contributed by atoms with van der Waals surface area (Å²) in [5.41, 5.74) is 2.83. The van der Waals surface area contributed by atoms with Crippen LogP contribution < -0.4 is 0 Å². The number of piperidine rings is 1. The van der Waals surface area contributed by atoms with Crippen molar-refractivity contribution in [2.24, 2.45) is 0 Å². The fourth-order valence-corrected chi connectivity index (χ4v) is 5.84. The van der Waals surface area contributed by atoms with Crippen LogP contribution in [0.3, 0.4) is 0 Å². The van der Waals surface area contributed by atoms with Crippen molar-refractivity contribution in [3.63, 3.8) is 0 Å². The highest BCUT2D eigenvalue weighted by molar-refractivity contribution is 6.00. The van der Waals surface area contributed by atoms with Gasteiger partial charge in [0.1, 0.15) is 17.8 Å². The van der Waals surface area contributed by atoms with Crippen LogP contribution in [0.2, 0.25) is 0 Å². The Morgan fingerprint density at radius 1 is 1.13 bits per heavy atom. The Kier molecular flexibility index (Phi) is 6.35. The third-order valence-corrected chi connectivity index (χ3v) is 7.89. The number of alkyl halides is 3. The van der Waals surface area contributed by atoms with Crippen molar-refractivity contribution in [1.29, 1.82) is 5.26 Å². The third-order valence-electron chi connectivity index (χ3n) is 7.89. The number of benzene rings is 1. The molecule has 1 spiro atoms. The zero-order chi connectivity index (χ0) is 27.2. The van der Waals surface area contributed by atoms with Gasteiger partial charge in [-0.3, -0.25) is 14.5 Å². The van der Waals surface area contributed by atoms with E-state index in [9.17, 15) is 22.8 Å². The summed E-state index contributed by atoms with van der Waals surface area (Å²) in [5.74, 6) is -2.51. The lowest BCUT2D eigenvalue weighted by atomic mass is 9.76. The second-order valence-electron chi connectivity index (χ2n) is 9.94. The summed E-state index contributed by atoms with van der Waals surface area (Å²) >= 11 is 0. The number of likely N-dealkylation sites (tertiary alicyclic amines) is 1. The third kappa shape index (κ3) is 4.27. The zero-order valence-corrected chi connectivity index (χ0v) is 21.0. The van der Waals surface area contributed by atoms with Crippen LogP contribution in [0.5, 0.6) is 0 Å². The Balaban J connectivity index is 1.48. The Labute approximate surface area is 218 Å². The monoisotopic (exact) mass is 521 g/mol. The van der Waals surface area contributed by atoms with E-state index >= 15 is 0 Å². The van der Waals surface area contributed by atoms with E-state index in [1.165, 1.54) is 0 Å². The van der Waals surface area contributed by atoms with Gasteiger partial charge in [0.2, 0.25) is 0 Å². The number of nitrogens with zero attached hydrogens (tertiary/aromatic N) is 5. The molecular formula is C28H26F3N5O2. The molecule has 0 radical (unpaired) electrons. The predicted molar refractivity (Wildman–Crippen MR) is 133 cm³/mol. The number of carbonyl (C=O) groups is 2. The molecule has 0 aliphatic carbocycles. The fourth-order valence-electron chi connectivity index (χ4n) is 5.84. The van der Waals surface area contributed by atoms with Gasteiger partial charge in [-0.15, -0.1) is 0 Å². The first-order chi connectivity index (χ1) is 18.0. The van der Waals surface area contributed by atoms with Gasteiger partial charge in [-0.1, -0.05) is 6.07 Å². The number of fused-ring (bicyclic) bond motifs is 2. The van der Waals surface area contributed by atoms with Crippen LogP contribution in [-0.4, -0.2) is 63.4 Å². The summed E-state index contributed by atoms with van der Waals surface area (Å²) in [5, 5.41) is 8.97. The summed E-state index contributed by atoms with van der Waals surface area (Å²) in [4.78, 5) is 33.5. The van der Waals surface area contributed by atoms with Gasteiger partial charge in [0.05, 0.1) is 5.54 Å². The summed E-state index contributed by atoms with van der Waals surface area (Å²) in [6.45, 7) is 3.15. The quantitative estimate of drug-likeness (QED) is 0.513. The smallest absolute Gasteiger partial charge is 0.348 e. The average molecular weight is 522 g/mol. The van der Waals surface area contributed by atoms with Crippen molar-refractivity contribution in [2.45, 2.75) is 44.1 Å². The Bertz CT molecular complexity index is 1440. The van der Waals surface area contributed by atoms with E-state index in [4.69, 9.17) is 5.26 Å². The molecule has 2 atom stereocenters. The van der Waals surface area contributed by atoms with Gasteiger partial charge in [0, 0.05) is 48.8 Å². The maximum Gasteiger partial charge on any atom is 0.452 e. The van der Waals surface area contributed by atoms with Gasteiger partial charge in [-0.05, 0) is 74.3 Å². The topological polar surface area (TPSA) is 82.2 Å². The first-order valence-electron chi connectivity index (χ1n) is 12.3. The van der Waals surface area contributed by atoms with E-state index in [1.807, 2.05) is 40.9 Å². The summed E-state index contributed by atoms with van der Waals surface area (Å²) < 4.78 is 43.4. The lowest BCUT2D eigenvalue weighted by Gasteiger charge is -2.52. The number of Topliss-reactive ketones (excluding diaryl/α,β-unsaturated/α-hetero) is 1. The first-order valence-corrected chi connectivity index (χ1v) is 12.3. The van der Waals surface area contributed by atoms with Gasteiger partial charge < -0.3 is 9.47 Å². The number of aryl methyl sites for hydroxylation is 1. The van der Waals surface area contributed by atoms with Crippen molar-refractivity contribution in [2.75, 3.05) is 20.1 Å². The molecule has 3 aromatic rings. The highest BCUT2D eigenvalue weighted by atomic mass is 19.4. The van der Waals surface area contributed by atoms with E-state index in [1.54, 1.807) is 43.5 Å². The molecule has 10 heteroatoms. The van der Waals surface area contributed by atoms with E-state index in [-0.39, 0.29) is 24.2 Å². The van der Waals surface area contributed by atoms with Crippen molar-refractivity contribution in [3.8, 4) is 17.2 Å². The number of aromatic nitrogens is 2. The average Bonchev–Trinajstić information content (AvgIpc) is 3.40. The van der Waals surface area contributed by atoms with Crippen LogP contribution in [0.15, 0.2) is 54.9 Å². The molecule has 2 aromatic heterocycles. The first kappa shape index (κ1) is 25.7. The van der Waals surface area contributed by atoms with Crippen LogP contribution in [0.4, 0.5) is 13.2 Å². The van der Waals surface area contributed by atoms with Gasteiger partial charge >= 0.3 is 6.18 Å². The number of likely N-dealkylation sites (N-methyl/N-ethyl adjacent to an activating group) is 1. The zero-order valence-electron chi connectivity index (χ0n) is 21.0. The molecular weight excluding hydrogens is 495 g/mol. The molecule has 1 fully saturated rings. The lowest BCUT2D eigenvalue weighted by Crippen LogP contribution is -2.62. The van der Waals surface area contributed by atoms with Crippen molar-refractivity contribution >= 4 is 11.7 Å². The number of halogens is 3. The van der Waals surface area contributed by atoms with Gasteiger partial charge in [0.25, 0.3) is 11.7 Å². The molecule has 7 nitrogen and oxygen atoms in total. The van der Waals surface area contributed by atoms with E-state index in [0.29, 0.717) is 19.5 Å². The van der Waals surface area contributed by atoms with Gasteiger partial charge in [-0.2, -0.15) is 18.4 Å². The molecule has 0 saturated carbocycles. The van der Waals surface area contributed by atoms with Gasteiger partial charge in [-0.25, -0.2) is 4.98 Å². The number of amides is 1. The fraction of sp³-hybridized carbons (Fsp3) is 0.357. The molecule has 2 unspecified atom stereocenters. The normalized spacial score (nSPS) is 21.7. The maximum absolute atomic E-state index is 13.8. The molecule has 5 rings (SSSR count). The van der Waals surface area contributed by atoms with E-state index in [0.717, 1.165) is 27.3 Å². The van der Waals surface area contributed by atoms with E-state index < -0.39 is 29.4 Å². The molecule has 0 N–H and O–H groups in total. The summed E-state index contributed by atoms with van der Waals surface area (Å²) in [6.07, 6.45) is -1.34. The maximum atomic E-state index is 13.8. The SMILES string of the molecule is Cc1cc(C(=O)N2CCC3(CC2C(=O)C(F)(F)F)c2cccn2CCN3C)ccc1-c1ccc(C#N)nc1. The molecule has 4 heterocycles. The number of hydrogen-bond acceptors (Lipinski definition) is 5. The lowest BCUT2D eigenvalue weighted by molar-refractivity contribution is -0.179. The summed E-state index contributed by atoms with van der Waals surface area (Å²) in [6, 6.07) is 12.3. The predicted octanol–water partition coefficient (Wildman–Crippen LogP) is 4.31. The van der Waals surface area contributed by atoms with Gasteiger partial charge in [0.15, 0.2) is 0 Å². The Hall–Kier alpha value is -3.97. The molecule has 1 saturated heterocycles. The number of rotatable bonds is 3. The number of carbonyl (C=O) groups excluding carboxylic acids is 2. The summed E-state index contributed by atoms with van der Waals surface area (Å²) in [7, 11) is 1.86. The Morgan fingerprint density at radius 2 is 1.92 bits per heavy atom. The second-order valence-corrected chi connectivity index (χ2v) is 9.94.